The molecule has 0 radical (unpaired) electrons. The average Bonchev–Trinajstić information content (AvgIpc) is 2.81. The van der Waals surface area contributed by atoms with Gasteiger partial charge in [0.1, 0.15) is 18.1 Å². The molecule has 2 aromatic rings. The van der Waals surface area contributed by atoms with Crippen LogP contribution in [0.4, 0.5) is 0 Å². The van der Waals surface area contributed by atoms with E-state index in [2.05, 4.69) is 19.2 Å². The van der Waals surface area contributed by atoms with Gasteiger partial charge in [-0.2, -0.15) is 0 Å². The van der Waals surface area contributed by atoms with Crippen molar-refractivity contribution in [2.45, 2.75) is 26.4 Å². The molecule has 4 heteroatoms. The van der Waals surface area contributed by atoms with Crippen molar-refractivity contribution in [3.05, 3.63) is 52.9 Å². The highest BCUT2D eigenvalue weighted by Gasteiger charge is 2.05. The third kappa shape index (κ3) is 4.62. The van der Waals surface area contributed by atoms with E-state index in [1.807, 2.05) is 30.3 Å². The lowest BCUT2D eigenvalue weighted by molar-refractivity contribution is 0.269. The van der Waals surface area contributed by atoms with Crippen molar-refractivity contribution in [2.75, 3.05) is 6.61 Å². The van der Waals surface area contributed by atoms with E-state index in [9.17, 15) is 0 Å². The molecule has 2 rings (SSSR count). The number of halogens is 1. The lowest BCUT2D eigenvalue weighted by Crippen LogP contribution is -2.31. The van der Waals surface area contributed by atoms with Crippen LogP contribution in [0.3, 0.4) is 0 Å². The quantitative estimate of drug-likeness (QED) is 0.873. The van der Waals surface area contributed by atoms with Crippen molar-refractivity contribution in [2.24, 2.45) is 0 Å². The zero-order valence-electron chi connectivity index (χ0n) is 11.2. The summed E-state index contributed by atoms with van der Waals surface area (Å²) in [5, 5.41) is 3.73. The van der Waals surface area contributed by atoms with Crippen molar-refractivity contribution in [1.82, 2.24) is 5.32 Å². The fourth-order valence-corrected chi connectivity index (χ4v) is 1.80. The second kappa shape index (κ2) is 6.64. The Morgan fingerprint density at radius 1 is 1.21 bits per heavy atom. The molecule has 1 heterocycles. The Balaban J connectivity index is 1.72. The highest BCUT2D eigenvalue weighted by atomic mass is 35.5. The first kappa shape index (κ1) is 14.0. The molecule has 0 aliphatic rings. The van der Waals surface area contributed by atoms with Crippen molar-refractivity contribution < 1.29 is 9.15 Å². The zero-order valence-corrected chi connectivity index (χ0v) is 11.9. The van der Waals surface area contributed by atoms with Crippen LogP contribution in [-0.2, 0) is 6.54 Å². The normalized spacial score (nSPS) is 12.4. The molecule has 0 aliphatic carbocycles. The van der Waals surface area contributed by atoms with Gasteiger partial charge in [-0.3, -0.25) is 0 Å². The maximum Gasteiger partial charge on any atom is 0.193 e. The molecule has 0 saturated carbocycles. The molecular weight excluding hydrogens is 262 g/mol. The molecular formula is C15H18ClNO2. The van der Waals surface area contributed by atoms with Crippen LogP contribution in [0.1, 0.15) is 18.2 Å². The molecule has 19 heavy (non-hydrogen) atoms. The first-order valence-electron chi connectivity index (χ1n) is 6.30. The van der Waals surface area contributed by atoms with Crippen LogP contribution >= 0.6 is 11.6 Å². The summed E-state index contributed by atoms with van der Waals surface area (Å²) >= 11 is 5.71. The molecule has 1 N–H and O–H groups in total. The van der Waals surface area contributed by atoms with E-state index >= 15 is 0 Å². The van der Waals surface area contributed by atoms with E-state index in [1.54, 1.807) is 6.07 Å². The average molecular weight is 280 g/mol. The molecule has 102 valence electrons. The SMILES string of the molecule is Cc1ccc(OCC(C)NCc2ccc(Cl)o2)cc1. The highest BCUT2D eigenvalue weighted by Crippen LogP contribution is 2.13. The summed E-state index contributed by atoms with van der Waals surface area (Å²) in [6.45, 7) is 5.38. The number of rotatable bonds is 6. The number of nitrogens with one attached hydrogen (secondary N) is 1. The van der Waals surface area contributed by atoms with Crippen LogP contribution in [0.5, 0.6) is 5.75 Å². The first-order valence-corrected chi connectivity index (χ1v) is 6.68. The fourth-order valence-electron chi connectivity index (χ4n) is 1.64. The van der Waals surface area contributed by atoms with Crippen molar-refractivity contribution in [3.63, 3.8) is 0 Å². The second-order valence-electron chi connectivity index (χ2n) is 4.61. The Hall–Kier alpha value is -1.45. The number of ether oxygens (including phenoxy) is 1. The summed E-state index contributed by atoms with van der Waals surface area (Å²) in [6, 6.07) is 11.9. The number of hydrogen-bond acceptors (Lipinski definition) is 3. The summed E-state index contributed by atoms with van der Waals surface area (Å²) in [4.78, 5) is 0. The van der Waals surface area contributed by atoms with Crippen molar-refractivity contribution >= 4 is 11.6 Å². The summed E-state index contributed by atoms with van der Waals surface area (Å²) in [6.07, 6.45) is 0. The highest BCUT2D eigenvalue weighted by molar-refractivity contribution is 6.28. The van der Waals surface area contributed by atoms with E-state index in [1.165, 1.54) is 5.56 Å². The van der Waals surface area contributed by atoms with Crippen LogP contribution in [0.15, 0.2) is 40.8 Å². The maximum atomic E-state index is 5.71. The maximum absolute atomic E-state index is 5.71. The third-order valence-electron chi connectivity index (χ3n) is 2.77. The molecule has 1 atom stereocenters. The van der Waals surface area contributed by atoms with E-state index in [4.69, 9.17) is 20.8 Å². The molecule has 0 saturated heterocycles. The summed E-state index contributed by atoms with van der Waals surface area (Å²) < 4.78 is 11.0. The van der Waals surface area contributed by atoms with Crippen molar-refractivity contribution in [3.8, 4) is 5.75 Å². The Morgan fingerprint density at radius 3 is 2.58 bits per heavy atom. The second-order valence-corrected chi connectivity index (χ2v) is 4.98. The largest absolute Gasteiger partial charge is 0.492 e. The van der Waals surface area contributed by atoms with Crippen LogP contribution in [-0.4, -0.2) is 12.6 Å². The molecule has 0 bridgehead atoms. The van der Waals surface area contributed by atoms with Gasteiger partial charge < -0.3 is 14.5 Å². The van der Waals surface area contributed by atoms with Gasteiger partial charge in [0.15, 0.2) is 5.22 Å². The Labute approximate surface area is 118 Å². The van der Waals surface area contributed by atoms with E-state index < -0.39 is 0 Å². The van der Waals surface area contributed by atoms with Gasteiger partial charge >= 0.3 is 0 Å². The molecule has 1 aromatic carbocycles. The van der Waals surface area contributed by atoms with Gasteiger partial charge in [-0.05, 0) is 49.7 Å². The van der Waals surface area contributed by atoms with E-state index in [0.29, 0.717) is 18.4 Å². The van der Waals surface area contributed by atoms with Gasteiger partial charge in [-0.25, -0.2) is 0 Å². The predicted molar refractivity (Wildman–Crippen MR) is 76.7 cm³/mol. The monoisotopic (exact) mass is 279 g/mol. The number of benzene rings is 1. The van der Waals surface area contributed by atoms with Gasteiger partial charge in [0.25, 0.3) is 0 Å². The summed E-state index contributed by atoms with van der Waals surface area (Å²) in [5.41, 5.74) is 1.23. The van der Waals surface area contributed by atoms with E-state index in [-0.39, 0.29) is 6.04 Å². The Morgan fingerprint density at radius 2 is 1.95 bits per heavy atom. The Bertz CT molecular complexity index is 507. The van der Waals surface area contributed by atoms with Gasteiger partial charge in [-0.15, -0.1) is 0 Å². The molecule has 0 spiro atoms. The molecule has 1 aromatic heterocycles. The van der Waals surface area contributed by atoms with Crippen LogP contribution in [0.2, 0.25) is 5.22 Å². The molecule has 0 aliphatic heterocycles. The van der Waals surface area contributed by atoms with Crippen LogP contribution in [0.25, 0.3) is 0 Å². The number of hydrogen-bond donors (Lipinski definition) is 1. The van der Waals surface area contributed by atoms with Crippen LogP contribution < -0.4 is 10.1 Å². The molecule has 3 nitrogen and oxygen atoms in total. The van der Waals surface area contributed by atoms with Crippen molar-refractivity contribution in [1.29, 1.82) is 0 Å². The minimum Gasteiger partial charge on any atom is -0.492 e. The smallest absolute Gasteiger partial charge is 0.193 e. The fraction of sp³-hybridized carbons (Fsp3) is 0.333. The molecule has 0 fully saturated rings. The molecule has 0 amide bonds. The van der Waals surface area contributed by atoms with Gasteiger partial charge in [0, 0.05) is 6.04 Å². The predicted octanol–water partition coefficient (Wildman–Crippen LogP) is 3.80. The number of aryl methyl sites for hydroxylation is 1. The van der Waals surface area contributed by atoms with Gasteiger partial charge in [-0.1, -0.05) is 17.7 Å². The van der Waals surface area contributed by atoms with Gasteiger partial charge in [0.2, 0.25) is 0 Å². The van der Waals surface area contributed by atoms with E-state index in [0.717, 1.165) is 11.5 Å². The topological polar surface area (TPSA) is 34.4 Å². The number of furan rings is 1. The van der Waals surface area contributed by atoms with Gasteiger partial charge in [0.05, 0.1) is 6.54 Å². The molecule has 1 unspecified atom stereocenters. The summed E-state index contributed by atoms with van der Waals surface area (Å²) in [5.74, 6) is 1.72. The minimum absolute atomic E-state index is 0.227. The van der Waals surface area contributed by atoms with Crippen LogP contribution in [0, 0.1) is 6.92 Å². The lowest BCUT2D eigenvalue weighted by Gasteiger charge is -2.14. The standard InChI is InChI=1S/C15H18ClNO2/c1-11-3-5-13(6-4-11)18-10-12(2)17-9-14-7-8-15(16)19-14/h3-8,12,17H,9-10H2,1-2H3. The first-order chi connectivity index (χ1) is 9.13. The minimum atomic E-state index is 0.227. The third-order valence-corrected chi connectivity index (χ3v) is 2.98. The lowest BCUT2D eigenvalue weighted by atomic mass is 10.2. The Kier molecular flexibility index (Phi) is 4.88. The summed E-state index contributed by atoms with van der Waals surface area (Å²) in [7, 11) is 0. The zero-order chi connectivity index (χ0) is 13.7.